The average Bonchev–Trinajstić information content (AvgIpc) is 2.46. The van der Waals surface area contributed by atoms with E-state index < -0.39 is 5.38 Å². The van der Waals surface area contributed by atoms with Gasteiger partial charge in [-0.1, -0.05) is 30.3 Å². The lowest BCUT2D eigenvalue weighted by Gasteiger charge is -2.47. The van der Waals surface area contributed by atoms with Crippen LogP contribution in [-0.4, -0.2) is 33.1 Å². The maximum atomic E-state index is 12.5. The van der Waals surface area contributed by atoms with Crippen molar-refractivity contribution in [2.75, 3.05) is 5.75 Å². The molecule has 5 heteroatoms. The van der Waals surface area contributed by atoms with Crippen molar-refractivity contribution in [3.05, 3.63) is 47.2 Å². The molecule has 1 saturated heterocycles. The molecule has 0 N–H and O–H groups in total. The third kappa shape index (κ3) is 1.90. The molecular weight excluding hydrogens is 282 g/mol. The van der Waals surface area contributed by atoms with Crippen LogP contribution in [0.5, 0.6) is 0 Å². The highest BCUT2D eigenvalue weighted by atomic mass is 35.5. The summed E-state index contributed by atoms with van der Waals surface area (Å²) in [7, 11) is 0. The molecule has 0 aliphatic carbocycles. The van der Waals surface area contributed by atoms with Gasteiger partial charge in [-0.25, -0.2) is 0 Å². The summed E-state index contributed by atoms with van der Waals surface area (Å²) in [5.41, 5.74) is 2.05. The van der Waals surface area contributed by atoms with Crippen LogP contribution in [0.1, 0.15) is 17.3 Å². The lowest BCUT2D eigenvalue weighted by atomic mass is 10.0. The first-order chi connectivity index (χ1) is 9.11. The van der Waals surface area contributed by atoms with Gasteiger partial charge in [-0.2, -0.15) is 0 Å². The monoisotopic (exact) mass is 293 g/mol. The zero-order valence-electron chi connectivity index (χ0n) is 10.3. The third-order valence-electron chi connectivity index (χ3n) is 3.34. The topological polar surface area (TPSA) is 37.4 Å². The summed E-state index contributed by atoms with van der Waals surface area (Å²) in [6.07, 6.45) is 0. The van der Waals surface area contributed by atoms with E-state index in [1.807, 2.05) is 25.1 Å². The number of carbonyl (C=O) groups is 2. The molecule has 19 heavy (non-hydrogen) atoms. The zero-order valence-corrected chi connectivity index (χ0v) is 11.9. The van der Waals surface area contributed by atoms with Crippen LogP contribution in [0.4, 0.5) is 0 Å². The number of carbonyl (C=O) groups excluding carboxylic acids is 2. The van der Waals surface area contributed by atoms with Crippen LogP contribution in [0.15, 0.2) is 41.6 Å². The summed E-state index contributed by atoms with van der Waals surface area (Å²) < 4.78 is 0. The highest BCUT2D eigenvalue weighted by Gasteiger charge is 2.51. The second kappa shape index (κ2) is 4.69. The Labute approximate surface area is 120 Å². The molecule has 2 aliphatic heterocycles. The second-order valence-corrected chi connectivity index (χ2v) is 6.21. The highest BCUT2D eigenvalue weighted by Crippen LogP contribution is 2.43. The molecule has 2 heterocycles. The summed E-state index contributed by atoms with van der Waals surface area (Å²) in [6.45, 7) is 1.90. The van der Waals surface area contributed by atoms with Gasteiger partial charge in [-0.3, -0.25) is 14.5 Å². The van der Waals surface area contributed by atoms with Crippen molar-refractivity contribution in [2.45, 2.75) is 17.7 Å². The number of rotatable bonds is 2. The normalized spacial score (nSPS) is 26.0. The van der Waals surface area contributed by atoms with E-state index in [-0.39, 0.29) is 17.1 Å². The van der Waals surface area contributed by atoms with Crippen LogP contribution in [-0.2, 0) is 4.79 Å². The van der Waals surface area contributed by atoms with E-state index in [1.54, 1.807) is 28.8 Å². The first-order valence-electron chi connectivity index (χ1n) is 5.99. The van der Waals surface area contributed by atoms with Crippen LogP contribution in [0.25, 0.3) is 0 Å². The van der Waals surface area contributed by atoms with Gasteiger partial charge in [0.15, 0.2) is 0 Å². The largest absolute Gasteiger partial charge is 0.293 e. The molecule has 0 unspecified atom stereocenters. The quantitative estimate of drug-likeness (QED) is 0.478. The Morgan fingerprint density at radius 3 is 2.74 bits per heavy atom. The molecule has 2 aliphatic rings. The van der Waals surface area contributed by atoms with Gasteiger partial charge in [-0.05, 0) is 12.5 Å². The fourth-order valence-electron chi connectivity index (χ4n) is 2.34. The van der Waals surface area contributed by atoms with Gasteiger partial charge in [0.1, 0.15) is 10.8 Å². The van der Waals surface area contributed by atoms with Crippen molar-refractivity contribution in [1.82, 2.24) is 4.90 Å². The van der Waals surface area contributed by atoms with Crippen molar-refractivity contribution in [1.29, 1.82) is 0 Å². The smallest absolute Gasteiger partial charge is 0.249 e. The number of halogens is 1. The first-order valence-corrected chi connectivity index (χ1v) is 7.48. The number of ketones is 1. The molecule has 1 aromatic carbocycles. The predicted octanol–water partition coefficient (Wildman–Crippen LogP) is 2.67. The van der Waals surface area contributed by atoms with Crippen LogP contribution in [0.3, 0.4) is 0 Å². The Morgan fingerprint density at radius 1 is 1.37 bits per heavy atom. The van der Waals surface area contributed by atoms with Gasteiger partial charge < -0.3 is 0 Å². The number of hydrogen-bond acceptors (Lipinski definition) is 3. The number of allylic oxidation sites excluding steroid dienone is 1. The fraction of sp³-hybridized carbons (Fsp3) is 0.286. The van der Waals surface area contributed by atoms with Gasteiger partial charge in [0.05, 0.1) is 5.70 Å². The number of thioether (sulfide) groups is 1. The molecule has 1 amide bonds. The summed E-state index contributed by atoms with van der Waals surface area (Å²) >= 11 is 7.60. The van der Waals surface area contributed by atoms with Crippen molar-refractivity contribution in [3.63, 3.8) is 0 Å². The molecule has 2 atom stereocenters. The Balaban J connectivity index is 1.99. The Morgan fingerprint density at radius 2 is 2.05 bits per heavy atom. The number of hydrogen-bond donors (Lipinski definition) is 0. The first kappa shape index (κ1) is 12.8. The summed E-state index contributed by atoms with van der Waals surface area (Å²) in [6, 6.07) is 9.03. The van der Waals surface area contributed by atoms with E-state index in [2.05, 4.69) is 0 Å². The van der Waals surface area contributed by atoms with E-state index in [4.69, 9.17) is 11.6 Å². The van der Waals surface area contributed by atoms with E-state index in [0.29, 0.717) is 11.3 Å². The van der Waals surface area contributed by atoms with Crippen molar-refractivity contribution < 1.29 is 9.59 Å². The average molecular weight is 294 g/mol. The molecule has 3 nitrogen and oxygen atoms in total. The molecule has 0 spiro atoms. The number of benzene rings is 1. The molecule has 0 bridgehead atoms. The summed E-state index contributed by atoms with van der Waals surface area (Å²) in [5.74, 6) is 0.476. The van der Waals surface area contributed by atoms with Crippen LogP contribution >= 0.6 is 23.4 Å². The minimum Gasteiger partial charge on any atom is -0.293 e. The standard InChI is InChI=1S/C14H12ClNO2S/c1-8-7-19-14-10(15)13(18)16(14)11(8)12(17)9-5-3-2-4-6-9/h2-6,10,14H,7H2,1H3/t10-,14+/m0/s1. The highest BCUT2D eigenvalue weighted by molar-refractivity contribution is 8.00. The van der Waals surface area contributed by atoms with Crippen molar-refractivity contribution in [2.24, 2.45) is 0 Å². The molecule has 3 rings (SSSR count). The van der Waals surface area contributed by atoms with E-state index in [0.717, 1.165) is 11.3 Å². The maximum absolute atomic E-state index is 12.5. The third-order valence-corrected chi connectivity index (χ3v) is 5.34. The molecule has 98 valence electrons. The van der Waals surface area contributed by atoms with Gasteiger partial charge in [0, 0.05) is 11.3 Å². The molecule has 1 fully saturated rings. The number of Topliss-reactive ketones (excluding diaryl/α,β-unsaturated/α-hetero) is 1. The van der Waals surface area contributed by atoms with Gasteiger partial charge in [0.25, 0.3) is 0 Å². The molecule has 0 saturated carbocycles. The minimum absolute atomic E-state index is 0.0967. The van der Waals surface area contributed by atoms with Crippen LogP contribution in [0, 0.1) is 0 Å². The van der Waals surface area contributed by atoms with Gasteiger partial charge in [-0.15, -0.1) is 23.4 Å². The molecular formula is C14H12ClNO2S. The van der Waals surface area contributed by atoms with E-state index >= 15 is 0 Å². The van der Waals surface area contributed by atoms with Crippen molar-refractivity contribution in [3.8, 4) is 0 Å². The number of nitrogens with zero attached hydrogens (tertiary/aromatic N) is 1. The van der Waals surface area contributed by atoms with E-state index in [1.165, 1.54) is 0 Å². The Bertz CT molecular complexity index is 584. The minimum atomic E-state index is -0.503. The SMILES string of the molecule is CC1=C(C(=O)c2ccccc2)N2C(=O)[C@H](Cl)[C@H]2SC1. The van der Waals surface area contributed by atoms with Crippen LogP contribution < -0.4 is 0 Å². The fourth-order valence-corrected chi connectivity index (χ4v) is 3.98. The maximum Gasteiger partial charge on any atom is 0.249 e. The molecule has 0 radical (unpaired) electrons. The molecule has 1 aromatic rings. The number of β-lactam (4-membered cyclic amide) rings is 1. The number of amides is 1. The Kier molecular flexibility index (Phi) is 3.15. The van der Waals surface area contributed by atoms with Gasteiger partial charge >= 0.3 is 0 Å². The summed E-state index contributed by atoms with van der Waals surface area (Å²) in [4.78, 5) is 26.0. The predicted molar refractivity (Wildman–Crippen MR) is 76.2 cm³/mol. The summed E-state index contributed by atoms with van der Waals surface area (Å²) in [5, 5.41) is -0.600. The van der Waals surface area contributed by atoms with Gasteiger partial charge in [0.2, 0.25) is 11.7 Å². The second-order valence-electron chi connectivity index (χ2n) is 4.64. The van der Waals surface area contributed by atoms with Crippen molar-refractivity contribution >= 4 is 35.1 Å². The lowest BCUT2D eigenvalue weighted by Crippen LogP contribution is -2.62. The Hall–Kier alpha value is -1.26. The zero-order chi connectivity index (χ0) is 13.6. The van der Waals surface area contributed by atoms with E-state index in [9.17, 15) is 9.59 Å². The number of fused-ring (bicyclic) bond motifs is 1. The number of alkyl halides is 1. The molecule has 0 aromatic heterocycles. The lowest BCUT2D eigenvalue weighted by molar-refractivity contribution is -0.137. The van der Waals surface area contributed by atoms with Crippen LogP contribution in [0.2, 0.25) is 0 Å².